The summed E-state index contributed by atoms with van der Waals surface area (Å²) in [6.07, 6.45) is 0.992. The summed E-state index contributed by atoms with van der Waals surface area (Å²) in [6, 6.07) is 0. The molecular weight excluding hydrogens is 140 g/mol. The second-order valence-electron chi connectivity index (χ2n) is 2.97. The Morgan fingerprint density at radius 1 is 1.00 bits per heavy atom. The Labute approximate surface area is 69.9 Å². The molecule has 0 amide bonds. The largest absolute Gasteiger partial charge is 0.353 e. The number of ether oxygens (including phenoxy) is 2. The molecule has 0 aliphatic rings. The fraction of sp³-hybridized carbons (Fsp3) is 1.00. The Hall–Kier alpha value is -0.0800. The van der Waals surface area contributed by atoms with Gasteiger partial charge in [-0.2, -0.15) is 0 Å². The van der Waals surface area contributed by atoms with Crippen molar-refractivity contribution in [2.24, 2.45) is 5.92 Å². The first-order chi connectivity index (χ1) is 5.20. The summed E-state index contributed by atoms with van der Waals surface area (Å²) in [6.45, 7) is 9.80. The zero-order chi connectivity index (χ0) is 8.69. The van der Waals surface area contributed by atoms with Gasteiger partial charge >= 0.3 is 0 Å². The highest BCUT2D eigenvalue weighted by molar-refractivity contribution is 4.49. The molecular formula is C9H20O2. The molecule has 0 atom stereocenters. The molecule has 0 aromatic carbocycles. The average molecular weight is 160 g/mol. The van der Waals surface area contributed by atoms with Gasteiger partial charge in [0.1, 0.15) is 0 Å². The quantitative estimate of drug-likeness (QED) is 0.556. The van der Waals surface area contributed by atoms with Crippen LogP contribution in [0.3, 0.4) is 0 Å². The average Bonchev–Trinajstić information content (AvgIpc) is 1.87. The molecule has 0 aliphatic carbocycles. The van der Waals surface area contributed by atoms with E-state index in [1.165, 1.54) is 0 Å². The smallest absolute Gasteiger partial charge is 0.157 e. The van der Waals surface area contributed by atoms with Gasteiger partial charge in [0.15, 0.2) is 6.29 Å². The van der Waals surface area contributed by atoms with Crippen molar-refractivity contribution in [3.8, 4) is 0 Å². The van der Waals surface area contributed by atoms with E-state index in [2.05, 4.69) is 13.8 Å². The van der Waals surface area contributed by atoms with E-state index in [1.54, 1.807) is 0 Å². The summed E-state index contributed by atoms with van der Waals surface area (Å²) in [7, 11) is 0. The first-order valence-electron chi connectivity index (χ1n) is 4.43. The van der Waals surface area contributed by atoms with Gasteiger partial charge in [-0.05, 0) is 19.8 Å². The lowest BCUT2D eigenvalue weighted by Gasteiger charge is -2.18. The Bertz CT molecular complexity index is 75.6. The zero-order valence-corrected chi connectivity index (χ0v) is 8.09. The van der Waals surface area contributed by atoms with Crippen molar-refractivity contribution in [2.45, 2.75) is 40.4 Å². The molecule has 0 aliphatic heterocycles. The molecule has 0 N–H and O–H groups in total. The standard InChI is InChI=1S/C9H20O2/c1-5-10-9(11-6-2)7-8(3)4/h8-9H,5-7H2,1-4H3. The van der Waals surface area contributed by atoms with E-state index in [9.17, 15) is 0 Å². The van der Waals surface area contributed by atoms with Crippen LogP contribution in [0.15, 0.2) is 0 Å². The van der Waals surface area contributed by atoms with E-state index in [0.717, 1.165) is 19.6 Å². The molecule has 0 spiro atoms. The number of rotatable bonds is 6. The van der Waals surface area contributed by atoms with E-state index < -0.39 is 0 Å². The van der Waals surface area contributed by atoms with Crippen LogP contribution in [0.5, 0.6) is 0 Å². The van der Waals surface area contributed by atoms with Crippen molar-refractivity contribution in [3.05, 3.63) is 0 Å². The summed E-state index contributed by atoms with van der Waals surface area (Å²) in [5.41, 5.74) is 0. The van der Waals surface area contributed by atoms with Crippen LogP contribution in [0.2, 0.25) is 0 Å². The van der Waals surface area contributed by atoms with E-state index in [4.69, 9.17) is 9.47 Å². The van der Waals surface area contributed by atoms with Crippen LogP contribution in [-0.2, 0) is 9.47 Å². The molecule has 0 unspecified atom stereocenters. The molecule has 0 saturated carbocycles. The minimum Gasteiger partial charge on any atom is -0.353 e. The second kappa shape index (κ2) is 6.62. The van der Waals surface area contributed by atoms with Gasteiger partial charge in [-0.15, -0.1) is 0 Å². The van der Waals surface area contributed by atoms with Gasteiger partial charge in [-0.3, -0.25) is 0 Å². The zero-order valence-electron chi connectivity index (χ0n) is 8.09. The normalized spacial score (nSPS) is 11.5. The predicted molar refractivity (Wildman–Crippen MR) is 46.5 cm³/mol. The van der Waals surface area contributed by atoms with Crippen molar-refractivity contribution in [1.29, 1.82) is 0 Å². The number of hydrogen-bond acceptors (Lipinski definition) is 2. The minimum atomic E-state index is 0.00463. The first-order valence-corrected chi connectivity index (χ1v) is 4.43. The maximum Gasteiger partial charge on any atom is 0.157 e. The minimum absolute atomic E-state index is 0.00463. The van der Waals surface area contributed by atoms with Crippen molar-refractivity contribution < 1.29 is 9.47 Å². The molecule has 11 heavy (non-hydrogen) atoms. The second-order valence-corrected chi connectivity index (χ2v) is 2.97. The van der Waals surface area contributed by atoms with Gasteiger partial charge in [0.2, 0.25) is 0 Å². The summed E-state index contributed by atoms with van der Waals surface area (Å²) in [4.78, 5) is 0. The predicted octanol–water partition coefficient (Wildman–Crippen LogP) is 2.43. The monoisotopic (exact) mass is 160 g/mol. The topological polar surface area (TPSA) is 18.5 Å². The fourth-order valence-electron chi connectivity index (χ4n) is 0.941. The van der Waals surface area contributed by atoms with Crippen molar-refractivity contribution in [3.63, 3.8) is 0 Å². The highest BCUT2D eigenvalue weighted by Gasteiger charge is 2.09. The van der Waals surface area contributed by atoms with Crippen LogP contribution >= 0.6 is 0 Å². The molecule has 0 radical (unpaired) electrons. The summed E-state index contributed by atoms with van der Waals surface area (Å²) in [5, 5.41) is 0. The summed E-state index contributed by atoms with van der Waals surface area (Å²) < 4.78 is 10.7. The van der Waals surface area contributed by atoms with Gasteiger partial charge < -0.3 is 9.47 Å². The highest BCUT2D eigenvalue weighted by Crippen LogP contribution is 2.09. The van der Waals surface area contributed by atoms with Crippen molar-refractivity contribution in [1.82, 2.24) is 0 Å². The van der Waals surface area contributed by atoms with Gasteiger partial charge in [0.25, 0.3) is 0 Å². The summed E-state index contributed by atoms with van der Waals surface area (Å²) in [5.74, 6) is 0.637. The van der Waals surface area contributed by atoms with E-state index in [-0.39, 0.29) is 6.29 Å². The molecule has 0 heterocycles. The Morgan fingerprint density at radius 2 is 1.45 bits per heavy atom. The molecule has 68 valence electrons. The Morgan fingerprint density at radius 3 is 1.73 bits per heavy atom. The maximum absolute atomic E-state index is 5.37. The molecule has 0 bridgehead atoms. The first kappa shape index (κ1) is 10.9. The van der Waals surface area contributed by atoms with Crippen LogP contribution in [-0.4, -0.2) is 19.5 Å². The lowest BCUT2D eigenvalue weighted by molar-refractivity contribution is -0.144. The Balaban J connectivity index is 3.50. The lowest BCUT2D eigenvalue weighted by Crippen LogP contribution is -2.19. The van der Waals surface area contributed by atoms with Gasteiger partial charge in [-0.1, -0.05) is 13.8 Å². The van der Waals surface area contributed by atoms with Crippen LogP contribution in [0.4, 0.5) is 0 Å². The SMILES string of the molecule is CCOC(CC(C)C)OCC. The van der Waals surface area contributed by atoms with Crippen LogP contribution in [0, 0.1) is 5.92 Å². The maximum atomic E-state index is 5.37. The Kier molecular flexibility index (Phi) is 6.57. The van der Waals surface area contributed by atoms with E-state index >= 15 is 0 Å². The van der Waals surface area contributed by atoms with Crippen LogP contribution in [0.1, 0.15) is 34.1 Å². The molecule has 0 aromatic rings. The molecule has 2 heteroatoms. The molecule has 2 nitrogen and oxygen atoms in total. The van der Waals surface area contributed by atoms with Gasteiger partial charge in [0.05, 0.1) is 0 Å². The fourth-order valence-corrected chi connectivity index (χ4v) is 0.941. The van der Waals surface area contributed by atoms with Crippen molar-refractivity contribution >= 4 is 0 Å². The highest BCUT2D eigenvalue weighted by atomic mass is 16.7. The van der Waals surface area contributed by atoms with Gasteiger partial charge in [-0.25, -0.2) is 0 Å². The van der Waals surface area contributed by atoms with Crippen molar-refractivity contribution in [2.75, 3.05) is 13.2 Å². The third kappa shape index (κ3) is 6.32. The van der Waals surface area contributed by atoms with Gasteiger partial charge in [0, 0.05) is 19.6 Å². The third-order valence-corrected chi connectivity index (χ3v) is 1.37. The molecule has 0 rings (SSSR count). The molecule has 0 fully saturated rings. The molecule has 0 saturated heterocycles. The van der Waals surface area contributed by atoms with Crippen LogP contribution < -0.4 is 0 Å². The molecule has 0 aromatic heterocycles. The number of hydrogen-bond donors (Lipinski definition) is 0. The third-order valence-electron chi connectivity index (χ3n) is 1.37. The van der Waals surface area contributed by atoms with E-state index in [1.807, 2.05) is 13.8 Å². The summed E-state index contributed by atoms with van der Waals surface area (Å²) >= 11 is 0. The van der Waals surface area contributed by atoms with Crippen LogP contribution in [0.25, 0.3) is 0 Å². The lowest BCUT2D eigenvalue weighted by atomic mass is 10.1. The van der Waals surface area contributed by atoms with E-state index in [0.29, 0.717) is 5.92 Å².